The van der Waals surface area contributed by atoms with Crippen molar-refractivity contribution in [2.45, 2.75) is 38.1 Å². The number of aromatic amines is 1. The van der Waals surface area contributed by atoms with Crippen LogP contribution >= 0.6 is 0 Å². The molecule has 158 valence electrons. The molecular weight excluding hydrogens is 372 g/mol. The molecule has 0 amide bonds. The van der Waals surface area contributed by atoms with Crippen molar-refractivity contribution in [3.63, 3.8) is 0 Å². The van der Waals surface area contributed by atoms with E-state index in [1.807, 2.05) is 24.4 Å². The summed E-state index contributed by atoms with van der Waals surface area (Å²) in [6.45, 7) is 5.56. The number of para-hydroxylation sites is 1. The Hall–Kier alpha value is -2.50. The van der Waals surface area contributed by atoms with Crippen LogP contribution in [0.2, 0.25) is 0 Å². The average molecular weight is 404 g/mol. The Balaban J connectivity index is 1.05. The zero-order valence-corrected chi connectivity index (χ0v) is 17.6. The molecule has 5 nitrogen and oxygen atoms in total. The standard InChI is InChI=1S/C25H31N4O/c30-29-22(9-8-20-5-1-2-7-25(20)29)6-3-4-14-27-15-17-28(18-16-27)23-10-11-24-21(19-23)12-13-26-24/h1-2,5,7,10-13,19,22,26H,3-4,6,8-9,14-18H2/q-1. The molecule has 0 bridgehead atoms. The Morgan fingerprint density at radius 2 is 1.83 bits per heavy atom. The summed E-state index contributed by atoms with van der Waals surface area (Å²) in [5, 5.41) is 15.2. The van der Waals surface area contributed by atoms with Crippen molar-refractivity contribution in [1.82, 2.24) is 9.88 Å². The average Bonchev–Trinajstić information content (AvgIpc) is 3.26. The third-order valence-electron chi connectivity index (χ3n) is 6.84. The first-order chi connectivity index (χ1) is 14.8. The monoisotopic (exact) mass is 403 g/mol. The van der Waals surface area contributed by atoms with Crippen LogP contribution in [0.15, 0.2) is 54.7 Å². The van der Waals surface area contributed by atoms with Crippen LogP contribution in [0.5, 0.6) is 0 Å². The minimum Gasteiger partial charge on any atom is -0.758 e. The molecule has 0 spiro atoms. The number of hydrogen-bond donors (Lipinski definition) is 1. The summed E-state index contributed by atoms with van der Waals surface area (Å²) >= 11 is 0. The van der Waals surface area contributed by atoms with Crippen LogP contribution in [0, 0.1) is 5.21 Å². The van der Waals surface area contributed by atoms with E-state index in [1.165, 1.54) is 33.6 Å². The van der Waals surface area contributed by atoms with Gasteiger partial charge in [0.2, 0.25) is 0 Å². The van der Waals surface area contributed by atoms with E-state index in [2.05, 4.69) is 45.1 Å². The Bertz CT molecular complexity index is 976. The van der Waals surface area contributed by atoms with Crippen LogP contribution in [0.4, 0.5) is 11.4 Å². The summed E-state index contributed by atoms with van der Waals surface area (Å²) < 4.78 is 0. The molecule has 5 heteroatoms. The Morgan fingerprint density at radius 1 is 0.967 bits per heavy atom. The first kappa shape index (κ1) is 19.5. The molecular formula is C25H31N4O-. The smallest absolute Gasteiger partial charge is 0.0455 e. The molecule has 30 heavy (non-hydrogen) atoms. The highest BCUT2D eigenvalue weighted by atomic mass is 16.5. The largest absolute Gasteiger partial charge is 0.758 e. The van der Waals surface area contributed by atoms with Gasteiger partial charge in [-0.2, -0.15) is 0 Å². The predicted octanol–water partition coefficient (Wildman–Crippen LogP) is 4.78. The zero-order valence-electron chi connectivity index (χ0n) is 17.6. The molecule has 1 N–H and O–H groups in total. The number of benzene rings is 2. The SMILES string of the molecule is [O-]N1c2ccccc2CCC1CCCCN1CCN(c2ccc3[nH]ccc3c2)CC1. The third kappa shape index (κ3) is 4.05. The van der Waals surface area contributed by atoms with E-state index < -0.39 is 0 Å². The summed E-state index contributed by atoms with van der Waals surface area (Å²) in [5.74, 6) is 0. The van der Waals surface area contributed by atoms with Crippen molar-refractivity contribution >= 4 is 22.3 Å². The van der Waals surface area contributed by atoms with Gasteiger partial charge in [0.1, 0.15) is 0 Å². The van der Waals surface area contributed by atoms with Crippen molar-refractivity contribution in [3.05, 3.63) is 65.5 Å². The molecule has 1 fully saturated rings. The molecule has 1 saturated heterocycles. The number of nitrogens with one attached hydrogen (secondary N) is 1. The third-order valence-corrected chi connectivity index (χ3v) is 6.84. The molecule has 0 aliphatic carbocycles. The number of hydroxylamine groups is 1. The lowest BCUT2D eigenvalue weighted by molar-refractivity contribution is 0.251. The van der Waals surface area contributed by atoms with Crippen molar-refractivity contribution in [1.29, 1.82) is 0 Å². The van der Waals surface area contributed by atoms with Crippen molar-refractivity contribution in [3.8, 4) is 0 Å². The normalized spacial score (nSPS) is 20.0. The Labute approximate surface area is 178 Å². The molecule has 0 radical (unpaired) electrons. The summed E-state index contributed by atoms with van der Waals surface area (Å²) in [5.41, 5.74) is 4.63. The number of fused-ring (bicyclic) bond motifs is 2. The van der Waals surface area contributed by atoms with Gasteiger partial charge in [-0.25, -0.2) is 0 Å². The van der Waals surface area contributed by atoms with Crippen LogP contribution < -0.4 is 9.96 Å². The number of unbranched alkanes of at least 4 members (excludes halogenated alkanes) is 1. The number of anilines is 2. The number of hydrogen-bond acceptors (Lipinski definition) is 4. The van der Waals surface area contributed by atoms with E-state index in [0.717, 1.165) is 64.1 Å². The molecule has 3 aromatic rings. The maximum atomic E-state index is 12.6. The van der Waals surface area contributed by atoms with Gasteiger partial charge < -0.3 is 20.2 Å². The van der Waals surface area contributed by atoms with E-state index in [9.17, 15) is 5.21 Å². The number of aromatic nitrogens is 1. The molecule has 2 aliphatic heterocycles. The maximum absolute atomic E-state index is 12.6. The van der Waals surface area contributed by atoms with Crippen molar-refractivity contribution in [2.24, 2.45) is 0 Å². The number of rotatable bonds is 6. The predicted molar refractivity (Wildman–Crippen MR) is 125 cm³/mol. The summed E-state index contributed by atoms with van der Waals surface area (Å²) in [4.78, 5) is 8.34. The fourth-order valence-electron chi connectivity index (χ4n) is 5.02. The molecule has 1 atom stereocenters. The van der Waals surface area contributed by atoms with E-state index in [4.69, 9.17) is 0 Å². The Morgan fingerprint density at radius 3 is 2.73 bits per heavy atom. The van der Waals surface area contributed by atoms with Gasteiger partial charge in [0.05, 0.1) is 0 Å². The molecule has 3 heterocycles. The maximum Gasteiger partial charge on any atom is 0.0455 e. The first-order valence-corrected chi connectivity index (χ1v) is 11.4. The van der Waals surface area contributed by atoms with Gasteiger partial charge in [-0.15, -0.1) is 0 Å². The second-order valence-electron chi connectivity index (χ2n) is 8.72. The molecule has 0 saturated carbocycles. The van der Waals surface area contributed by atoms with Gasteiger partial charge in [-0.1, -0.05) is 24.6 Å². The minimum atomic E-state index is 0.153. The van der Waals surface area contributed by atoms with E-state index in [1.54, 1.807) is 0 Å². The van der Waals surface area contributed by atoms with Crippen molar-refractivity contribution in [2.75, 3.05) is 42.7 Å². The van der Waals surface area contributed by atoms with Gasteiger partial charge in [0.15, 0.2) is 0 Å². The fourth-order valence-corrected chi connectivity index (χ4v) is 5.02. The topological polar surface area (TPSA) is 48.6 Å². The molecule has 5 rings (SSSR count). The van der Waals surface area contributed by atoms with E-state index in [0.29, 0.717) is 0 Å². The van der Waals surface area contributed by atoms with Crippen LogP contribution in [0.25, 0.3) is 10.9 Å². The van der Waals surface area contributed by atoms with E-state index in [-0.39, 0.29) is 6.04 Å². The molecule has 2 aliphatic rings. The van der Waals surface area contributed by atoms with Gasteiger partial charge >= 0.3 is 0 Å². The number of piperazine rings is 1. The van der Waals surface area contributed by atoms with Gasteiger partial charge in [-0.05, 0) is 68.1 Å². The van der Waals surface area contributed by atoms with Gasteiger partial charge in [0.25, 0.3) is 0 Å². The molecule has 1 aromatic heterocycles. The van der Waals surface area contributed by atoms with Crippen molar-refractivity contribution < 1.29 is 0 Å². The summed E-state index contributed by atoms with van der Waals surface area (Å²) in [6, 6.07) is 17.1. The number of H-pyrrole nitrogens is 1. The summed E-state index contributed by atoms with van der Waals surface area (Å²) in [6.07, 6.45) is 7.36. The highest BCUT2D eigenvalue weighted by Crippen LogP contribution is 2.31. The molecule has 2 aromatic carbocycles. The lowest BCUT2D eigenvalue weighted by Gasteiger charge is -2.44. The fraction of sp³-hybridized carbons (Fsp3) is 0.440. The van der Waals surface area contributed by atoms with Crippen LogP contribution in [-0.2, 0) is 6.42 Å². The first-order valence-electron chi connectivity index (χ1n) is 11.4. The zero-order chi connectivity index (χ0) is 20.3. The Kier molecular flexibility index (Phi) is 5.65. The van der Waals surface area contributed by atoms with Gasteiger partial charge in [-0.3, -0.25) is 4.90 Å². The van der Waals surface area contributed by atoms with Crippen LogP contribution in [0.3, 0.4) is 0 Å². The van der Waals surface area contributed by atoms with E-state index >= 15 is 0 Å². The highest BCUT2D eigenvalue weighted by Gasteiger charge is 2.20. The second kappa shape index (κ2) is 8.70. The lowest BCUT2D eigenvalue weighted by Crippen LogP contribution is -2.46. The number of nitrogens with zero attached hydrogens (tertiary/aromatic N) is 3. The van der Waals surface area contributed by atoms with Crippen LogP contribution in [-0.4, -0.2) is 48.6 Å². The second-order valence-corrected chi connectivity index (χ2v) is 8.72. The quantitative estimate of drug-likeness (QED) is 0.602. The van der Waals surface area contributed by atoms with Crippen LogP contribution in [0.1, 0.15) is 31.2 Å². The lowest BCUT2D eigenvalue weighted by atomic mass is 9.94. The van der Waals surface area contributed by atoms with Gasteiger partial charge in [0, 0.05) is 60.7 Å². The minimum absolute atomic E-state index is 0.153. The highest BCUT2D eigenvalue weighted by molar-refractivity contribution is 5.83. The summed E-state index contributed by atoms with van der Waals surface area (Å²) in [7, 11) is 0. The molecule has 1 unspecified atom stereocenters. The number of aryl methyl sites for hydroxylation is 1.